The van der Waals surface area contributed by atoms with Gasteiger partial charge in [0.25, 0.3) is 0 Å². The zero-order valence-electron chi connectivity index (χ0n) is 10.2. The number of benzene rings is 1. The minimum atomic E-state index is -0.348. The maximum Gasteiger partial charge on any atom is 0.194 e. The van der Waals surface area contributed by atoms with Gasteiger partial charge < -0.3 is 9.15 Å². The number of carbonyl (C=O) groups is 1. The van der Waals surface area contributed by atoms with Crippen LogP contribution in [0.25, 0.3) is 0 Å². The van der Waals surface area contributed by atoms with Gasteiger partial charge in [0.05, 0.1) is 7.11 Å². The van der Waals surface area contributed by atoms with Crippen molar-refractivity contribution >= 4 is 5.78 Å². The zero-order chi connectivity index (χ0) is 13.1. The fraction of sp³-hybridized carbons (Fsp3) is 0.214. The number of hydrogen-bond donors (Lipinski definition) is 0. The van der Waals surface area contributed by atoms with Crippen LogP contribution in [0.2, 0.25) is 0 Å². The molecule has 0 atom stereocenters. The van der Waals surface area contributed by atoms with Gasteiger partial charge in [-0.05, 0) is 18.2 Å². The van der Waals surface area contributed by atoms with E-state index >= 15 is 0 Å². The molecule has 0 fully saturated rings. The topological polar surface area (TPSA) is 39.4 Å². The first-order chi connectivity index (χ1) is 8.60. The number of hydrogen-bond acceptors (Lipinski definition) is 3. The maximum atomic E-state index is 13.0. The van der Waals surface area contributed by atoms with Crippen LogP contribution in [0, 0.1) is 5.82 Å². The fourth-order valence-electron chi connectivity index (χ4n) is 1.71. The molecule has 0 radical (unpaired) electrons. The summed E-state index contributed by atoms with van der Waals surface area (Å²) in [5.74, 6) is 0.971. The normalized spacial score (nSPS) is 10.4. The number of halogens is 1. The largest absolute Gasteiger partial charge is 0.496 e. The van der Waals surface area contributed by atoms with Crippen molar-refractivity contribution in [2.45, 2.75) is 13.3 Å². The third-order valence-corrected chi connectivity index (χ3v) is 2.62. The van der Waals surface area contributed by atoms with Crippen LogP contribution in [0.4, 0.5) is 4.39 Å². The van der Waals surface area contributed by atoms with Crippen LogP contribution in [0.5, 0.6) is 5.75 Å². The summed E-state index contributed by atoms with van der Waals surface area (Å²) >= 11 is 0. The minimum absolute atomic E-state index is 0.118. The number of Topliss-reactive ketones (excluding diaryl/α,β-unsaturated/α-hetero) is 1. The molecule has 1 aromatic heterocycles. The molecule has 1 aromatic carbocycles. The molecule has 18 heavy (non-hydrogen) atoms. The summed E-state index contributed by atoms with van der Waals surface area (Å²) in [4.78, 5) is 11.1. The van der Waals surface area contributed by atoms with E-state index in [-0.39, 0.29) is 11.6 Å². The molecule has 0 bridgehead atoms. The van der Waals surface area contributed by atoms with Gasteiger partial charge in [0.2, 0.25) is 0 Å². The van der Waals surface area contributed by atoms with Gasteiger partial charge in [0.15, 0.2) is 11.5 Å². The SMILES string of the molecule is COc1cc(F)ccc1Cc1ccc(C(C)=O)o1. The first-order valence-corrected chi connectivity index (χ1v) is 5.52. The average molecular weight is 248 g/mol. The summed E-state index contributed by atoms with van der Waals surface area (Å²) in [5.41, 5.74) is 0.809. The van der Waals surface area contributed by atoms with E-state index in [1.54, 1.807) is 18.2 Å². The predicted octanol–water partition coefficient (Wildman–Crippen LogP) is 3.22. The highest BCUT2D eigenvalue weighted by Gasteiger charge is 2.10. The molecule has 0 amide bonds. The minimum Gasteiger partial charge on any atom is -0.496 e. The van der Waals surface area contributed by atoms with Gasteiger partial charge in [-0.25, -0.2) is 4.39 Å². The molecule has 1 heterocycles. The van der Waals surface area contributed by atoms with Crippen LogP contribution < -0.4 is 4.74 Å². The highest BCUT2D eigenvalue weighted by atomic mass is 19.1. The van der Waals surface area contributed by atoms with Crippen molar-refractivity contribution in [1.29, 1.82) is 0 Å². The number of ketones is 1. The Morgan fingerprint density at radius 3 is 2.72 bits per heavy atom. The number of rotatable bonds is 4. The molecule has 3 nitrogen and oxygen atoms in total. The second-order valence-electron chi connectivity index (χ2n) is 3.96. The zero-order valence-corrected chi connectivity index (χ0v) is 10.2. The Bertz CT molecular complexity index is 572. The first kappa shape index (κ1) is 12.4. The smallest absolute Gasteiger partial charge is 0.194 e. The molecule has 0 N–H and O–H groups in total. The fourth-order valence-corrected chi connectivity index (χ4v) is 1.71. The lowest BCUT2D eigenvalue weighted by Gasteiger charge is -2.06. The highest BCUT2D eigenvalue weighted by molar-refractivity contribution is 5.91. The van der Waals surface area contributed by atoms with E-state index < -0.39 is 0 Å². The number of methoxy groups -OCH3 is 1. The molecule has 0 aliphatic rings. The van der Waals surface area contributed by atoms with E-state index in [1.807, 2.05) is 0 Å². The Morgan fingerprint density at radius 2 is 2.11 bits per heavy atom. The van der Waals surface area contributed by atoms with E-state index in [2.05, 4.69) is 0 Å². The molecular weight excluding hydrogens is 235 g/mol. The first-order valence-electron chi connectivity index (χ1n) is 5.52. The summed E-state index contributed by atoms with van der Waals surface area (Å²) in [6.07, 6.45) is 0.455. The van der Waals surface area contributed by atoms with Gasteiger partial charge in [-0.1, -0.05) is 6.07 Å². The molecule has 0 saturated carbocycles. The average Bonchev–Trinajstić information content (AvgIpc) is 2.80. The second kappa shape index (κ2) is 5.04. The summed E-state index contributed by atoms with van der Waals surface area (Å²) in [6.45, 7) is 1.45. The van der Waals surface area contributed by atoms with Crippen LogP contribution in [-0.2, 0) is 6.42 Å². The maximum absolute atomic E-state index is 13.0. The Morgan fingerprint density at radius 1 is 1.33 bits per heavy atom. The van der Waals surface area contributed by atoms with Crippen molar-refractivity contribution in [2.24, 2.45) is 0 Å². The molecule has 0 unspecified atom stereocenters. The molecule has 2 rings (SSSR count). The van der Waals surface area contributed by atoms with Gasteiger partial charge in [0.1, 0.15) is 17.3 Å². The molecular formula is C14H13FO3. The summed E-state index contributed by atoms with van der Waals surface area (Å²) in [6, 6.07) is 7.70. The van der Waals surface area contributed by atoms with Gasteiger partial charge in [0, 0.05) is 25.0 Å². The van der Waals surface area contributed by atoms with Gasteiger partial charge in [-0.15, -0.1) is 0 Å². The van der Waals surface area contributed by atoms with Crippen molar-refractivity contribution in [1.82, 2.24) is 0 Å². The van der Waals surface area contributed by atoms with E-state index in [0.717, 1.165) is 5.56 Å². The Balaban J connectivity index is 2.25. The van der Waals surface area contributed by atoms with E-state index in [4.69, 9.17) is 9.15 Å². The number of carbonyl (C=O) groups excluding carboxylic acids is 1. The Kier molecular flexibility index (Phi) is 3.46. The molecule has 0 aliphatic carbocycles. The Labute approximate surface area is 104 Å². The van der Waals surface area contributed by atoms with Crippen molar-refractivity contribution in [3.05, 3.63) is 53.2 Å². The molecule has 0 aliphatic heterocycles. The van der Waals surface area contributed by atoms with Crippen LogP contribution in [0.1, 0.15) is 28.8 Å². The van der Waals surface area contributed by atoms with E-state index in [9.17, 15) is 9.18 Å². The van der Waals surface area contributed by atoms with Crippen LogP contribution >= 0.6 is 0 Å². The van der Waals surface area contributed by atoms with Crippen LogP contribution in [0.15, 0.2) is 34.7 Å². The third kappa shape index (κ3) is 2.59. The monoisotopic (exact) mass is 248 g/mol. The van der Waals surface area contributed by atoms with E-state index in [1.165, 1.54) is 26.2 Å². The summed E-state index contributed by atoms with van der Waals surface area (Å²) < 4.78 is 23.5. The van der Waals surface area contributed by atoms with Crippen molar-refractivity contribution in [3.8, 4) is 5.75 Å². The molecule has 2 aromatic rings. The second-order valence-corrected chi connectivity index (χ2v) is 3.96. The molecule has 0 spiro atoms. The van der Waals surface area contributed by atoms with Crippen LogP contribution in [-0.4, -0.2) is 12.9 Å². The van der Waals surface area contributed by atoms with E-state index in [0.29, 0.717) is 23.7 Å². The lowest BCUT2D eigenvalue weighted by atomic mass is 10.1. The number of furan rings is 1. The lowest BCUT2D eigenvalue weighted by Crippen LogP contribution is -1.94. The van der Waals surface area contributed by atoms with Gasteiger partial charge >= 0.3 is 0 Å². The van der Waals surface area contributed by atoms with Gasteiger partial charge in [-0.2, -0.15) is 0 Å². The summed E-state index contributed by atoms with van der Waals surface area (Å²) in [5, 5.41) is 0. The third-order valence-electron chi connectivity index (χ3n) is 2.62. The van der Waals surface area contributed by atoms with Crippen LogP contribution in [0.3, 0.4) is 0 Å². The Hall–Kier alpha value is -2.10. The molecule has 4 heteroatoms. The quantitative estimate of drug-likeness (QED) is 0.780. The van der Waals surface area contributed by atoms with Crippen molar-refractivity contribution in [3.63, 3.8) is 0 Å². The van der Waals surface area contributed by atoms with Gasteiger partial charge in [-0.3, -0.25) is 4.79 Å². The predicted molar refractivity (Wildman–Crippen MR) is 64.5 cm³/mol. The highest BCUT2D eigenvalue weighted by Crippen LogP contribution is 2.23. The lowest BCUT2D eigenvalue weighted by molar-refractivity contribution is 0.0985. The summed E-state index contributed by atoms with van der Waals surface area (Å²) in [7, 11) is 1.49. The number of ether oxygens (including phenoxy) is 1. The van der Waals surface area contributed by atoms with Crippen molar-refractivity contribution < 1.29 is 18.3 Å². The molecule has 94 valence electrons. The molecule has 0 saturated heterocycles. The standard InChI is InChI=1S/C14H13FO3/c1-9(16)13-6-5-12(18-13)7-10-3-4-11(15)8-14(10)17-2/h3-6,8H,7H2,1-2H3. The van der Waals surface area contributed by atoms with Crippen molar-refractivity contribution in [2.75, 3.05) is 7.11 Å².